The molecule has 1 aromatic carbocycles. The van der Waals surface area contributed by atoms with E-state index in [4.69, 9.17) is 23.2 Å². The van der Waals surface area contributed by atoms with Crippen LogP contribution in [0.3, 0.4) is 0 Å². The minimum absolute atomic E-state index is 0.602. The van der Waals surface area contributed by atoms with E-state index in [0.29, 0.717) is 16.1 Å². The number of nitrogens with one attached hydrogen (secondary N) is 1. The molecule has 110 valence electrons. The molecule has 0 amide bonds. The summed E-state index contributed by atoms with van der Waals surface area (Å²) in [7, 11) is 0. The van der Waals surface area contributed by atoms with Crippen molar-refractivity contribution >= 4 is 23.2 Å². The summed E-state index contributed by atoms with van der Waals surface area (Å²) in [6, 6.07) is 6.66. The number of rotatable bonds is 5. The Morgan fingerprint density at radius 2 is 1.85 bits per heavy atom. The maximum Gasteiger partial charge on any atom is 0.0595 e. The zero-order chi connectivity index (χ0) is 14.1. The lowest BCUT2D eigenvalue weighted by Crippen LogP contribution is -2.34. The van der Waals surface area contributed by atoms with Gasteiger partial charge >= 0.3 is 0 Å². The molecule has 20 heavy (non-hydrogen) atoms. The minimum atomic E-state index is 0.602. The fraction of sp³-hybridized carbons (Fsp3) is 0.647. The van der Waals surface area contributed by atoms with Crippen molar-refractivity contribution in [3.63, 3.8) is 0 Å². The predicted molar refractivity (Wildman–Crippen MR) is 86.6 cm³/mol. The second-order valence-electron chi connectivity index (χ2n) is 6.31. The summed E-state index contributed by atoms with van der Waals surface area (Å²) in [5.74, 6) is 2.85. The summed E-state index contributed by atoms with van der Waals surface area (Å²) in [6.07, 6.45) is 6.83. The molecule has 3 atom stereocenters. The fourth-order valence-electron chi connectivity index (χ4n) is 4.17. The number of benzene rings is 1. The number of hydrogen-bond donors (Lipinski definition) is 1. The monoisotopic (exact) mass is 311 g/mol. The van der Waals surface area contributed by atoms with Gasteiger partial charge in [-0.05, 0) is 61.3 Å². The molecule has 3 heteroatoms. The maximum atomic E-state index is 6.14. The normalized spacial score (nSPS) is 29.9. The molecule has 0 heterocycles. The van der Waals surface area contributed by atoms with Crippen LogP contribution in [-0.4, -0.2) is 12.6 Å². The first-order valence-electron chi connectivity index (χ1n) is 7.88. The van der Waals surface area contributed by atoms with E-state index in [1.165, 1.54) is 31.2 Å². The Balaban J connectivity index is 1.69. The predicted octanol–water partition coefficient (Wildman–Crippen LogP) is 4.95. The van der Waals surface area contributed by atoms with Crippen molar-refractivity contribution in [2.24, 2.45) is 17.8 Å². The van der Waals surface area contributed by atoms with Crippen LogP contribution in [0.4, 0.5) is 0 Å². The van der Waals surface area contributed by atoms with Crippen molar-refractivity contribution in [3.8, 4) is 0 Å². The van der Waals surface area contributed by atoms with Gasteiger partial charge in [-0.25, -0.2) is 0 Å². The van der Waals surface area contributed by atoms with Crippen molar-refractivity contribution < 1.29 is 0 Å². The van der Waals surface area contributed by atoms with Gasteiger partial charge in [0.2, 0.25) is 0 Å². The van der Waals surface area contributed by atoms with Crippen molar-refractivity contribution in [1.29, 1.82) is 0 Å². The van der Waals surface area contributed by atoms with E-state index in [0.717, 1.165) is 30.7 Å². The summed E-state index contributed by atoms with van der Waals surface area (Å²) >= 11 is 12.1. The maximum absolute atomic E-state index is 6.14. The Kier molecular flexibility index (Phi) is 4.59. The highest BCUT2D eigenvalue weighted by Gasteiger charge is 2.53. The minimum Gasteiger partial charge on any atom is -0.314 e. The van der Waals surface area contributed by atoms with Crippen LogP contribution < -0.4 is 5.32 Å². The molecular weight excluding hydrogens is 289 g/mol. The average Bonchev–Trinajstić information content (AvgIpc) is 3.17. The van der Waals surface area contributed by atoms with E-state index in [1.807, 2.05) is 12.1 Å². The molecule has 2 saturated carbocycles. The Labute approximate surface area is 132 Å². The Hall–Kier alpha value is -0.240. The molecule has 0 spiro atoms. The zero-order valence-electron chi connectivity index (χ0n) is 12.0. The smallest absolute Gasteiger partial charge is 0.0595 e. The molecule has 2 aliphatic carbocycles. The van der Waals surface area contributed by atoms with Gasteiger partial charge in [-0.3, -0.25) is 0 Å². The summed E-state index contributed by atoms with van der Waals surface area (Å²) in [5, 5.41) is 5.03. The number of fused-ring (bicyclic) bond motifs is 1. The van der Waals surface area contributed by atoms with Gasteiger partial charge in [0, 0.05) is 6.04 Å². The summed E-state index contributed by atoms with van der Waals surface area (Å²) in [5.41, 5.74) is 1.30. The van der Waals surface area contributed by atoms with Gasteiger partial charge in [0.25, 0.3) is 0 Å². The van der Waals surface area contributed by atoms with Crippen molar-refractivity contribution in [1.82, 2.24) is 5.32 Å². The summed E-state index contributed by atoms with van der Waals surface area (Å²) < 4.78 is 0. The van der Waals surface area contributed by atoms with Crippen molar-refractivity contribution in [2.45, 2.75) is 45.1 Å². The highest BCUT2D eigenvalue weighted by molar-refractivity contribution is 6.42. The number of hydrogen-bond acceptors (Lipinski definition) is 1. The standard InChI is InChI=1S/C17H23Cl2N/c1-2-20-16(17-12-5-3-4-6-13(12)17)10-11-7-8-14(18)15(19)9-11/h7-9,12-13,16-17,20H,2-6,10H2,1H3. The Bertz CT molecular complexity index is 462. The first-order valence-corrected chi connectivity index (χ1v) is 8.63. The summed E-state index contributed by atoms with van der Waals surface area (Å²) in [4.78, 5) is 0. The first-order chi connectivity index (χ1) is 9.70. The molecule has 0 bridgehead atoms. The van der Waals surface area contributed by atoms with Gasteiger partial charge in [-0.1, -0.05) is 49.0 Å². The van der Waals surface area contributed by atoms with Crippen LogP contribution in [0.1, 0.15) is 38.2 Å². The van der Waals surface area contributed by atoms with Gasteiger partial charge in [-0.2, -0.15) is 0 Å². The topological polar surface area (TPSA) is 12.0 Å². The van der Waals surface area contributed by atoms with Crippen LogP contribution in [0.2, 0.25) is 10.0 Å². The van der Waals surface area contributed by atoms with E-state index in [-0.39, 0.29) is 0 Å². The zero-order valence-corrected chi connectivity index (χ0v) is 13.6. The van der Waals surface area contributed by atoms with Crippen LogP contribution in [0.15, 0.2) is 18.2 Å². The lowest BCUT2D eigenvalue weighted by Gasteiger charge is -2.19. The molecule has 2 fully saturated rings. The molecule has 1 N–H and O–H groups in total. The van der Waals surface area contributed by atoms with E-state index in [9.17, 15) is 0 Å². The molecule has 2 aliphatic rings. The van der Waals surface area contributed by atoms with E-state index >= 15 is 0 Å². The van der Waals surface area contributed by atoms with Crippen LogP contribution in [0.5, 0.6) is 0 Å². The van der Waals surface area contributed by atoms with Crippen LogP contribution in [0.25, 0.3) is 0 Å². The molecule has 0 saturated heterocycles. The third-order valence-corrected chi connectivity index (χ3v) is 5.83. The molecule has 0 radical (unpaired) electrons. The molecular formula is C17H23Cl2N. The number of likely N-dealkylation sites (N-methyl/N-ethyl adjacent to an activating group) is 1. The highest BCUT2D eigenvalue weighted by Crippen LogP contribution is 2.57. The van der Waals surface area contributed by atoms with Gasteiger partial charge in [0.15, 0.2) is 0 Å². The first kappa shape index (κ1) is 14.7. The molecule has 0 aliphatic heterocycles. The quantitative estimate of drug-likeness (QED) is 0.811. The third-order valence-electron chi connectivity index (χ3n) is 5.09. The Morgan fingerprint density at radius 1 is 1.15 bits per heavy atom. The fourth-order valence-corrected chi connectivity index (χ4v) is 4.49. The van der Waals surface area contributed by atoms with Gasteiger partial charge in [0.1, 0.15) is 0 Å². The largest absolute Gasteiger partial charge is 0.314 e. The highest BCUT2D eigenvalue weighted by atomic mass is 35.5. The molecule has 1 nitrogen and oxygen atoms in total. The SMILES string of the molecule is CCNC(Cc1ccc(Cl)c(Cl)c1)C1C2CCCCC21. The van der Waals surface area contributed by atoms with Crippen LogP contribution in [-0.2, 0) is 6.42 Å². The van der Waals surface area contributed by atoms with E-state index in [1.54, 1.807) is 0 Å². The lowest BCUT2D eigenvalue weighted by atomic mass is 10.00. The molecule has 0 aromatic heterocycles. The second-order valence-corrected chi connectivity index (χ2v) is 7.12. The average molecular weight is 312 g/mol. The van der Waals surface area contributed by atoms with Crippen molar-refractivity contribution in [3.05, 3.63) is 33.8 Å². The molecule has 3 rings (SSSR count). The van der Waals surface area contributed by atoms with Crippen LogP contribution >= 0.6 is 23.2 Å². The lowest BCUT2D eigenvalue weighted by molar-refractivity contribution is 0.437. The number of halogens is 2. The Morgan fingerprint density at radius 3 is 2.45 bits per heavy atom. The van der Waals surface area contributed by atoms with E-state index in [2.05, 4.69) is 18.3 Å². The van der Waals surface area contributed by atoms with Gasteiger partial charge in [0.05, 0.1) is 10.0 Å². The van der Waals surface area contributed by atoms with Gasteiger partial charge in [-0.15, -0.1) is 0 Å². The van der Waals surface area contributed by atoms with Gasteiger partial charge < -0.3 is 5.32 Å². The molecule has 1 aromatic rings. The molecule has 3 unspecified atom stereocenters. The van der Waals surface area contributed by atoms with Crippen LogP contribution in [0, 0.1) is 17.8 Å². The third kappa shape index (κ3) is 3.00. The van der Waals surface area contributed by atoms with E-state index < -0.39 is 0 Å². The summed E-state index contributed by atoms with van der Waals surface area (Å²) in [6.45, 7) is 3.25. The second kappa shape index (κ2) is 6.25. The van der Waals surface area contributed by atoms with Crippen molar-refractivity contribution in [2.75, 3.05) is 6.54 Å².